The predicted molar refractivity (Wildman–Crippen MR) is 147 cm³/mol. The minimum Gasteiger partial charge on any atom is -0.380 e. The van der Waals surface area contributed by atoms with Crippen LogP contribution in [0.5, 0.6) is 0 Å². The van der Waals surface area contributed by atoms with E-state index in [9.17, 15) is 19.2 Å². The first-order chi connectivity index (χ1) is 19.1. The van der Waals surface area contributed by atoms with Crippen LogP contribution in [0.3, 0.4) is 0 Å². The van der Waals surface area contributed by atoms with Crippen molar-refractivity contribution in [3.63, 3.8) is 0 Å². The number of rotatable bonds is 10. The van der Waals surface area contributed by atoms with E-state index >= 15 is 0 Å². The van der Waals surface area contributed by atoms with Gasteiger partial charge in [0.2, 0.25) is 0 Å². The Kier molecular flexibility index (Phi) is 6.64. The summed E-state index contributed by atoms with van der Waals surface area (Å²) in [5.41, 5.74) is 2.19. The summed E-state index contributed by atoms with van der Waals surface area (Å²) < 4.78 is 5.69. The zero-order chi connectivity index (χ0) is 26.9. The van der Waals surface area contributed by atoms with E-state index in [4.69, 9.17) is 4.74 Å². The van der Waals surface area contributed by atoms with Crippen LogP contribution in [0, 0.1) is 0 Å². The van der Waals surface area contributed by atoms with Crippen molar-refractivity contribution in [2.45, 2.75) is 6.42 Å². The summed E-state index contributed by atoms with van der Waals surface area (Å²) in [5, 5.41) is 6.47. The number of amides is 4. The standard InChI is InChI=1S/C31H27N3O5/c35-28-22-10-1-6-20-7-2-11-23(26(20)22)29(36)33(28)16-15-32-14-5-18-39-19-17-34-30(37)24-12-3-8-21-9-4-13-25(27(21)24)31(34)38/h1-4,6-13,32H,5,14-19H2. The van der Waals surface area contributed by atoms with Gasteiger partial charge in [-0.05, 0) is 48.0 Å². The molecule has 0 spiro atoms. The second-order valence-corrected chi connectivity index (χ2v) is 9.66. The molecule has 0 aromatic heterocycles. The molecule has 0 saturated carbocycles. The van der Waals surface area contributed by atoms with Crippen LogP contribution in [0.25, 0.3) is 21.5 Å². The Morgan fingerprint density at radius 3 is 1.44 bits per heavy atom. The molecule has 4 aromatic carbocycles. The number of carbonyl (C=O) groups excluding carboxylic acids is 4. The third-order valence-corrected chi connectivity index (χ3v) is 7.33. The number of nitrogens with one attached hydrogen (secondary N) is 1. The third kappa shape index (κ3) is 4.37. The Morgan fingerprint density at radius 1 is 0.538 bits per heavy atom. The minimum absolute atomic E-state index is 0.184. The van der Waals surface area contributed by atoms with Gasteiger partial charge in [-0.15, -0.1) is 0 Å². The number of benzene rings is 4. The lowest BCUT2D eigenvalue weighted by molar-refractivity contribution is 0.0519. The van der Waals surface area contributed by atoms with Crippen LogP contribution in [-0.2, 0) is 4.74 Å². The van der Waals surface area contributed by atoms with Crippen LogP contribution in [0.15, 0.2) is 72.8 Å². The van der Waals surface area contributed by atoms with Gasteiger partial charge in [-0.1, -0.05) is 48.5 Å². The summed E-state index contributed by atoms with van der Waals surface area (Å²) in [4.78, 5) is 54.3. The normalized spacial score (nSPS) is 14.7. The number of hydrogen-bond acceptors (Lipinski definition) is 6. The van der Waals surface area contributed by atoms with E-state index in [0.29, 0.717) is 53.8 Å². The molecule has 0 aliphatic carbocycles. The average Bonchev–Trinajstić information content (AvgIpc) is 2.96. The highest BCUT2D eigenvalue weighted by Gasteiger charge is 2.33. The first-order valence-electron chi connectivity index (χ1n) is 13.1. The molecule has 4 aromatic rings. The van der Waals surface area contributed by atoms with Gasteiger partial charge in [-0.25, -0.2) is 0 Å². The fraction of sp³-hybridized carbons (Fsp3) is 0.226. The summed E-state index contributed by atoms with van der Waals surface area (Å²) in [6, 6.07) is 22.0. The zero-order valence-corrected chi connectivity index (χ0v) is 21.3. The monoisotopic (exact) mass is 521 g/mol. The number of carbonyl (C=O) groups is 4. The molecule has 196 valence electrons. The minimum atomic E-state index is -0.296. The van der Waals surface area contributed by atoms with Gasteiger partial charge in [0.05, 0.1) is 13.2 Å². The molecule has 6 rings (SSSR count). The molecule has 8 nitrogen and oxygen atoms in total. The van der Waals surface area contributed by atoms with Crippen molar-refractivity contribution < 1.29 is 23.9 Å². The van der Waals surface area contributed by atoms with Gasteiger partial charge in [0, 0.05) is 52.7 Å². The lowest BCUT2D eigenvalue weighted by Crippen LogP contribution is -2.44. The molecule has 8 heteroatoms. The van der Waals surface area contributed by atoms with Crippen molar-refractivity contribution in [2.24, 2.45) is 0 Å². The van der Waals surface area contributed by atoms with E-state index in [2.05, 4.69) is 5.32 Å². The summed E-state index contributed by atoms with van der Waals surface area (Å²) in [6.45, 7) is 2.26. The van der Waals surface area contributed by atoms with Gasteiger partial charge in [0.1, 0.15) is 0 Å². The van der Waals surface area contributed by atoms with E-state index in [1.54, 1.807) is 24.3 Å². The van der Waals surface area contributed by atoms with Crippen LogP contribution < -0.4 is 5.32 Å². The van der Waals surface area contributed by atoms with Gasteiger partial charge in [-0.3, -0.25) is 29.0 Å². The summed E-state index contributed by atoms with van der Waals surface area (Å²) in [7, 11) is 0. The molecule has 4 amide bonds. The lowest BCUT2D eigenvalue weighted by Gasteiger charge is -2.27. The Morgan fingerprint density at radius 2 is 0.974 bits per heavy atom. The molecule has 2 heterocycles. The molecule has 2 aliphatic rings. The first kappa shape index (κ1) is 24.9. The van der Waals surface area contributed by atoms with Crippen LogP contribution >= 0.6 is 0 Å². The molecule has 0 radical (unpaired) electrons. The highest BCUT2D eigenvalue weighted by Crippen LogP contribution is 2.31. The quantitative estimate of drug-likeness (QED) is 0.251. The Hall–Kier alpha value is -4.40. The Labute approximate surface area is 225 Å². The molecular formula is C31H27N3O5. The van der Waals surface area contributed by atoms with Crippen LogP contribution in [0.4, 0.5) is 0 Å². The highest BCUT2D eigenvalue weighted by molar-refractivity contribution is 6.26. The molecule has 0 atom stereocenters. The van der Waals surface area contributed by atoms with Crippen molar-refractivity contribution in [1.82, 2.24) is 15.1 Å². The maximum absolute atomic E-state index is 13.0. The van der Waals surface area contributed by atoms with E-state index in [0.717, 1.165) is 16.2 Å². The maximum Gasteiger partial charge on any atom is 0.261 e. The van der Waals surface area contributed by atoms with Crippen LogP contribution in [0.1, 0.15) is 47.9 Å². The lowest BCUT2D eigenvalue weighted by atomic mass is 9.94. The van der Waals surface area contributed by atoms with Crippen molar-refractivity contribution in [3.05, 3.63) is 95.1 Å². The predicted octanol–water partition coefficient (Wildman–Crippen LogP) is 3.88. The van der Waals surface area contributed by atoms with Crippen LogP contribution in [0.2, 0.25) is 0 Å². The maximum atomic E-state index is 13.0. The smallest absolute Gasteiger partial charge is 0.261 e. The largest absolute Gasteiger partial charge is 0.380 e. The summed E-state index contributed by atoms with van der Waals surface area (Å²) in [6.07, 6.45) is 0.702. The Bertz CT molecular complexity index is 1420. The van der Waals surface area contributed by atoms with Gasteiger partial charge < -0.3 is 10.1 Å². The fourth-order valence-corrected chi connectivity index (χ4v) is 5.44. The molecule has 0 unspecified atom stereocenters. The highest BCUT2D eigenvalue weighted by atomic mass is 16.5. The van der Waals surface area contributed by atoms with Crippen molar-refractivity contribution >= 4 is 45.2 Å². The fourth-order valence-electron chi connectivity index (χ4n) is 5.44. The molecule has 0 fully saturated rings. The topological polar surface area (TPSA) is 96.0 Å². The van der Waals surface area contributed by atoms with Crippen LogP contribution in [-0.4, -0.2) is 72.8 Å². The SMILES string of the molecule is O=C1c2cccc3cccc(c23)C(=O)N1CCNCCCOCCN1C(=O)c2cccc3cccc(c23)C1=O. The third-order valence-electron chi connectivity index (χ3n) is 7.33. The Balaban J connectivity index is 0.937. The van der Waals surface area contributed by atoms with E-state index in [-0.39, 0.29) is 43.3 Å². The molecular weight excluding hydrogens is 494 g/mol. The molecule has 1 N–H and O–H groups in total. The van der Waals surface area contributed by atoms with Crippen molar-refractivity contribution in [3.8, 4) is 0 Å². The van der Waals surface area contributed by atoms with E-state index in [1.165, 1.54) is 9.80 Å². The molecule has 0 bridgehead atoms. The number of ether oxygens (including phenoxy) is 1. The van der Waals surface area contributed by atoms with Gasteiger partial charge in [0.25, 0.3) is 23.6 Å². The van der Waals surface area contributed by atoms with E-state index < -0.39 is 0 Å². The first-order valence-corrected chi connectivity index (χ1v) is 13.1. The summed E-state index contributed by atoms with van der Waals surface area (Å²) in [5.74, 6) is -1.13. The number of nitrogens with zero attached hydrogens (tertiary/aromatic N) is 2. The van der Waals surface area contributed by atoms with Crippen molar-refractivity contribution in [1.29, 1.82) is 0 Å². The number of hydrogen-bond donors (Lipinski definition) is 1. The zero-order valence-electron chi connectivity index (χ0n) is 21.3. The molecule has 39 heavy (non-hydrogen) atoms. The van der Waals surface area contributed by atoms with Crippen molar-refractivity contribution in [2.75, 3.05) is 39.4 Å². The molecule has 0 saturated heterocycles. The molecule has 2 aliphatic heterocycles. The second-order valence-electron chi connectivity index (χ2n) is 9.66. The van der Waals surface area contributed by atoms with Gasteiger partial charge in [-0.2, -0.15) is 0 Å². The van der Waals surface area contributed by atoms with Gasteiger partial charge in [0.15, 0.2) is 0 Å². The number of imide groups is 2. The van der Waals surface area contributed by atoms with Gasteiger partial charge >= 0.3 is 0 Å². The second kappa shape index (κ2) is 10.4. The average molecular weight is 522 g/mol. The summed E-state index contributed by atoms with van der Waals surface area (Å²) >= 11 is 0. The van der Waals surface area contributed by atoms with E-state index in [1.807, 2.05) is 48.5 Å².